The van der Waals surface area contributed by atoms with Crippen LogP contribution in [0.3, 0.4) is 0 Å². The summed E-state index contributed by atoms with van der Waals surface area (Å²) in [4.78, 5) is 16.0. The Balaban J connectivity index is 1.69. The number of hydrogen-bond acceptors (Lipinski definition) is 4. The van der Waals surface area contributed by atoms with Crippen molar-refractivity contribution in [3.63, 3.8) is 0 Å². The summed E-state index contributed by atoms with van der Waals surface area (Å²) in [6.07, 6.45) is 6.76. The van der Waals surface area contributed by atoms with E-state index in [-0.39, 0.29) is 5.63 Å². The summed E-state index contributed by atoms with van der Waals surface area (Å²) < 4.78 is 5.76. The number of fused-ring (bicyclic) bond motifs is 3. The number of thiophene rings is 1. The van der Waals surface area contributed by atoms with Crippen molar-refractivity contribution in [1.29, 1.82) is 0 Å². The first-order valence-corrected chi connectivity index (χ1v) is 9.68. The fourth-order valence-electron chi connectivity index (χ4n) is 3.54. The van der Waals surface area contributed by atoms with Crippen LogP contribution in [0.5, 0.6) is 0 Å². The van der Waals surface area contributed by atoms with E-state index < -0.39 is 0 Å². The third kappa shape index (κ3) is 3.14. The molecule has 0 saturated heterocycles. The predicted molar refractivity (Wildman–Crippen MR) is 106 cm³/mol. The van der Waals surface area contributed by atoms with Gasteiger partial charge >= 0.3 is 5.63 Å². The highest BCUT2D eigenvalue weighted by Crippen LogP contribution is 2.33. The van der Waals surface area contributed by atoms with E-state index in [1.165, 1.54) is 16.1 Å². The van der Waals surface area contributed by atoms with Crippen LogP contribution >= 0.6 is 11.3 Å². The zero-order chi connectivity index (χ0) is 17.2. The van der Waals surface area contributed by atoms with Crippen LogP contribution in [-0.4, -0.2) is 13.1 Å². The minimum atomic E-state index is -0.217. The lowest BCUT2D eigenvalue weighted by Crippen LogP contribution is -2.29. The molecule has 4 heteroatoms. The van der Waals surface area contributed by atoms with Crippen LogP contribution in [0.15, 0.2) is 51.0 Å². The van der Waals surface area contributed by atoms with Crippen LogP contribution in [0.2, 0.25) is 0 Å². The molecule has 3 nitrogen and oxygen atoms in total. The first kappa shape index (κ1) is 16.2. The number of aryl methyl sites for hydroxylation is 1. The highest BCUT2D eigenvalue weighted by Gasteiger charge is 2.19. The maximum Gasteiger partial charge on any atom is 0.339 e. The van der Waals surface area contributed by atoms with Crippen LogP contribution in [-0.2, 0) is 12.8 Å². The van der Waals surface area contributed by atoms with Gasteiger partial charge in [0.05, 0.1) is 0 Å². The third-order valence-corrected chi connectivity index (χ3v) is 5.63. The van der Waals surface area contributed by atoms with Crippen molar-refractivity contribution in [1.82, 2.24) is 0 Å². The molecule has 3 aromatic rings. The summed E-state index contributed by atoms with van der Waals surface area (Å²) in [7, 11) is 0. The zero-order valence-electron chi connectivity index (χ0n) is 14.3. The lowest BCUT2D eigenvalue weighted by molar-refractivity contribution is 0.545. The molecular formula is C21H21NO2S. The number of rotatable bonds is 4. The Morgan fingerprint density at radius 2 is 2.24 bits per heavy atom. The van der Waals surface area contributed by atoms with Gasteiger partial charge in [-0.05, 0) is 61.9 Å². The minimum absolute atomic E-state index is 0.217. The van der Waals surface area contributed by atoms with Gasteiger partial charge in [0.15, 0.2) is 0 Å². The molecule has 0 saturated carbocycles. The number of anilines is 1. The van der Waals surface area contributed by atoms with Gasteiger partial charge in [0, 0.05) is 40.2 Å². The molecule has 0 atom stereocenters. The molecule has 2 aromatic heterocycles. The molecule has 128 valence electrons. The average Bonchev–Trinajstić information content (AvgIpc) is 3.15. The van der Waals surface area contributed by atoms with Gasteiger partial charge in [-0.3, -0.25) is 0 Å². The molecule has 0 fully saturated rings. The molecule has 0 aliphatic carbocycles. The SMILES string of the molecule is CCN1CCCc2c1ccc1cc(CC=Cc3cccs3)c(=O)oc21. The van der Waals surface area contributed by atoms with Gasteiger partial charge in [-0.15, -0.1) is 11.3 Å². The molecule has 0 radical (unpaired) electrons. The lowest BCUT2D eigenvalue weighted by Gasteiger charge is -2.30. The van der Waals surface area contributed by atoms with Gasteiger partial charge in [0.2, 0.25) is 0 Å². The van der Waals surface area contributed by atoms with Crippen molar-refractivity contribution in [3.05, 3.63) is 68.2 Å². The second-order valence-electron chi connectivity index (χ2n) is 6.35. The lowest BCUT2D eigenvalue weighted by atomic mass is 9.98. The summed E-state index contributed by atoms with van der Waals surface area (Å²) in [5, 5.41) is 3.07. The predicted octanol–water partition coefficient (Wildman–Crippen LogP) is 4.88. The van der Waals surface area contributed by atoms with Gasteiger partial charge in [0.1, 0.15) is 5.58 Å². The normalized spacial score (nSPS) is 14.4. The fraction of sp³-hybridized carbons (Fsp3) is 0.286. The topological polar surface area (TPSA) is 33.5 Å². The van der Waals surface area contributed by atoms with Crippen molar-refractivity contribution in [2.24, 2.45) is 0 Å². The van der Waals surface area contributed by atoms with Crippen molar-refractivity contribution in [3.8, 4) is 0 Å². The molecule has 0 bridgehead atoms. The van der Waals surface area contributed by atoms with Crippen LogP contribution in [0, 0.1) is 0 Å². The summed E-state index contributed by atoms with van der Waals surface area (Å²) in [6.45, 7) is 4.22. The number of hydrogen-bond donors (Lipinski definition) is 0. The molecule has 1 aliphatic heterocycles. The quantitative estimate of drug-likeness (QED) is 0.628. The summed E-state index contributed by atoms with van der Waals surface area (Å²) in [6, 6.07) is 10.3. The largest absolute Gasteiger partial charge is 0.422 e. The Hall–Kier alpha value is -2.33. The van der Waals surface area contributed by atoms with E-state index in [1.807, 2.05) is 23.6 Å². The number of benzene rings is 1. The maximum atomic E-state index is 12.5. The molecule has 0 N–H and O–H groups in total. The van der Waals surface area contributed by atoms with Crippen molar-refractivity contribution in [2.75, 3.05) is 18.0 Å². The first-order valence-electron chi connectivity index (χ1n) is 8.80. The highest BCUT2D eigenvalue weighted by molar-refractivity contribution is 7.10. The van der Waals surface area contributed by atoms with E-state index in [0.29, 0.717) is 12.0 Å². The molecule has 4 rings (SSSR count). The van der Waals surface area contributed by atoms with Crippen LogP contribution in [0.4, 0.5) is 5.69 Å². The van der Waals surface area contributed by atoms with Gasteiger partial charge < -0.3 is 9.32 Å². The second kappa shape index (κ2) is 6.89. The Morgan fingerprint density at radius 1 is 1.32 bits per heavy atom. The third-order valence-electron chi connectivity index (χ3n) is 4.79. The molecule has 0 amide bonds. The van der Waals surface area contributed by atoms with Crippen molar-refractivity contribution >= 4 is 34.1 Å². The average molecular weight is 351 g/mol. The Labute approximate surface area is 151 Å². The Kier molecular flexibility index (Phi) is 4.45. The molecule has 1 aliphatic rings. The van der Waals surface area contributed by atoms with E-state index >= 15 is 0 Å². The van der Waals surface area contributed by atoms with Crippen LogP contribution in [0.1, 0.15) is 29.3 Å². The Morgan fingerprint density at radius 3 is 3.04 bits per heavy atom. The van der Waals surface area contributed by atoms with E-state index in [2.05, 4.69) is 36.1 Å². The Bertz CT molecular complexity index is 969. The summed E-state index contributed by atoms with van der Waals surface area (Å²) in [5.74, 6) is 0. The summed E-state index contributed by atoms with van der Waals surface area (Å²) in [5.41, 5.74) is 3.67. The number of allylic oxidation sites excluding steroid dienone is 1. The van der Waals surface area contributed by atoms with Crippen molar-refractivity contribution < 1.29 is 4.42 Å². The van der Waals surface area contributed by atoms with Gasteiger partial charge in [-0.2, -0.15) is 0 Å². The van der Waals surface area contributed by atoms with E-state index in [0.717, 1.165) is 36.9 Å². The van der Waals surface area contributed by atoms with Gasteiger partial charge in [-0.1, -0.05) is 12.1 Å². The smallest absolute Gasteiger partial charge is 0.339 e. The monoisotopic (exact) mass is 351 g/mol. The van der Waals surface area contributed by atoms with Gasteiger partial charge in [0.25, 0.3) is 0 Å². The first-order chi connectivity index (χ1) is 12.3. The maximum absolute atomic E-state index is 12.5. The van der Waals surface area contributed by atoms with E-state index in [1.54, 1.807) is 11.3 Å². The molecular weight excluding hydrogens is 330 g/mol. The minimum Gasteiger partial charge on any atom is -0.422 e. The standard InChI is InChI=1S/C21H21NO2S/c1-2-22-12-4-9-18-19(22)11-10-15-14-16(21(23)24-20(15)18)6-3-7-17-8-5-13-25-17/h3,5,7-8,10-11,13-14H,2,4,6,9,12H2,1H3. The van der Waals surface area contributed by atoms with Crippen LogP contribution in [0.25, 0.3) is 17.0 Å². The number of nitrogens with zero attached hydrogens (tertiary/aromatic N) is 1. The van der Waals surface area contributed by atoms with Gasteiger partial charge in [-0.25, -0.2) is 4.79 Å². The molecule has 1 aromatic carbocycles. The van der Waals surface area contributed by atoms with Crippen molar-refractivity contribution in [2.45, 2.75) is 26.2 Å². The molecule has 25 heavy (non-hydrogen) atoms. The molecule has 0 unspecified atom stereocenters. The molecule has 3 heterocycles. The fourth-order valence-corrected chi connectivity index (χ4v) is 4.18. The second-order valence-corrected chi connectivity index (χ2v) is 7.33. The molecule has 0 spiro atoms. The zero-order valence-corrected chi connectivity index (χ0v) is 15.1. The van der Waals surface area contributed by atoms with E-state index in [9.17, 15) is 4.79 Å². The van der Waals surface area contributed by atoms with Crippen LogP contribution < -0.4 is 10.5 Å². The highest BCUT2D eigenvalue weighted by atomic mass is 32.1. The van der Waals surface area contributed by atoms with E-state index in [4.69, 9.17) is 4.42 Å². The summed E-state index contributed by atoms with van der Waals surface area (Å²) >= 11 is 1.69.